The molecular weight excluding hydrogens is 240 g/mol. The molecule has 0 spiro atoms. The van der Waals surface area contributed by atoms with Gasteiger partial charge in [0.25, 0.3) is 5.91 Å². The quantitative estimate of drug-likeness (QED) is 0.880. The molecule has 2 rings (SSSR count). The van der Waals surface area contributed by atoms with Crippen molar-refractivity contribution < 1.29 is 9.53 Å². The van der Waals surface area contributed by atoms with Crippen molar-refractivity contribution in [2.45, 2.75) is 38.1 Å². The van der Waals surface area contributed by atoms with E-state index in [-0.39, 0.29) is 12.5 Å². The Morgan fingerprint density at radius 1 is 1.32 bits per heavy atom. The Morgan fingerprint density at radius 2 is 2.00 bits per heavy atom. The Hall–Kier alpha value is -2.02. The summed E-state index contributed by atoms with van der Waals surface area (Å²) < 4.78 is 5.42. The van der Waals surface area contributed by atoms with Crippen LogP contribution in [0.1, 0.15) is 31.2 Å². The predicted molar refractivity (Wildman–Crippen MR) is 71.7 cm³/mol. The van der Waals surface area contributed by atoms with Crippen molar-refractivity contribution in [2.75, 3.05) is 6.61 Å². The van der Waals surface area contributed by atoms with Crippen molar-refractivity contribution in [2.24, 2.45) is 0 Å². The van der Waals surface area contributed by atoms with Crippen LogP contribution in [0.25, 0.3) is 0 Å². The summed E-state index contributed by atoms with van der Waals surface area (Å²) in [6.45, 7) is 0.0497. The van der Waals surface area contributed by atoms with E-state index >= 15 is 0 Å². The van der Waals surface area contributed by atoms with Gasteiger partial charge in [-0.15, -0.1) is 0 Å². The van der Waals surface area contributed by atoms with Crippen LogP contribution in [-0.2, 0) is 11.2 Å². The van der Waals surface area contributed by atoms with E-state index in [2.05, 4.69) is 11.4 Å². The summed E-state index contributed by atoms with van der Waals surface area (Å²) in [7, 11) is 0. The molecule has 1 aliphatic carbocycles. The second kappa shape index (κ2) is 6.79. The SMILES string of the molecule is N#CCc1ccc(OCC(=O)NC2CCCC2)cc1. The number of carbonyl (C=O) groups excluding carboxylic acids is 1. The fourth-order valence-corrected chi connectivity index (χ4v) is 2.28. The fourth-order valence-electron chi connectivity index (χ4n) is 2.28. The van der Waals surface area contributed by atoms with Crippen LogP contribution in [-0.4, -0.2) is 18.6 Å². The first kappa shape index (κ1) is 13.4. The number of hydrogen-bond acceptors (Lipinski definition) is 3. The Kier molecular flexibility index (Phi) is 4.79. The number of benzene rings is 1. The highest BCUT2D eigenvalue weighted by atomic mass is 16.5. The highest BCUT2D eigenvalue weighted by molar-refractivity contribution is 5.77. The molecule has 4 heteroatoms. The smallest absolute Gasteiger partial charge is 0.258 e. The minimum absolute atomic E-state index is 0.0497. The Morgan fingerprint density at radius 3 is 2.63 bits per heavy atom. The molecule has 0 saturated heterocycles. The monoisotopic (exact) mass is 258 g/mol. The molecule has 0 unspecified atom stereocenters. The van der Waals surface area contributed by atoms with Crippen LogP contribution >= 0.6 is 0 Å². The van der Waals surface area contributed by atoms with Gasteiger partial charge in [0.15, 0.2) is 6.61 Å². The van der Waals surface area contributed by atoms with E-state index in [9.17, 15) is 4.79 Å². The predicted octanol–water partition coefficient (Wildman–Crippen LogP) is 2.19. The molecule has 1 saturated carbocycles. The number of nitrogens with zero attached hydrogens (tertiary/aromatic N) is 1. The highest BCUT2D eigenvalue weighted by Gasteiger charge is 2.17. The van der Waals surface area contributed by atoms with Gasteiger partial charge in [-0.25, -0.2) is 0 Å². The van der Waals surface area contributed by atoms with Crippen molar-refractivity contribution in [3.8, 4) is 11.8 Å². The lowest BCUT2D eigenvalue weighted by Gasteiger charge is -2.12. The van der Waals surface area contributed by atoms with Crippen LogP contribution in [0.3, 0.4) is 0 Å². The van der Waals surface area contributed by atoms with Gasteiger partial charge in [-0.2, -0.15) is 5.26 Å². The Bertz CT molecular complexity index is 456. The Labute approximate surface area is 113 Å². The summed E-state index contributed by atoms with van der Waals surface area (Å²) in [6.07, 6.45) is 4.95. The molecule has 1 fully saturated rings. The van der Waals surface area contributed by atoms with Gasteiger partial charge < -0.3 is 10.1 Å². The van der Waals surface area contributed by atoms with Crippen molar-refractivity contribution >= 4 is 5.91 Å². The van der Waals surface area contributed by atoms with Crippen molar-refractivity contribution in [1.82, 2.24) is 5.32 Å². The molecule has 0 heterocycles. The number of amides is 1. The maximum absolute atomic E-state index is 11.7. The van der Waals surface area contributed by atoms with Crippen molar-refractivity contribution in [3.05, 3.63) is 29.8 Å². The van der Waals surface area contributed by atoms with E-state index < -0.39 is 0 Å². The number of carbonyl (C=O) groups is 1. The summed E-state index contributed by atoms with van der Waals surface area (Å²) in [5.74, 6) is 0.594. The molecule has 100 valence electrons. The third-order valence-corrected chi connectivity index (χ3v) is 3.30. The van der Waals surface area contributed by atoms with Gasteiger partial charge in [0.2, 0.25) is 0 Å². The van der Waals surface area contributed by atoms with E-state index in [1.807, 2.05) is 12.1 Å². The lowest BCUT2D eigenvalue weighted by molar-refractivity contribution is -0.123. The lowest BCUT2D eigenvalue weighted by atomic mass is 10.2. The molecule has 4 nitrogen and oxygen atoms in total. The summed E-state index contributed by atoms with van der Waals surface area (Å²) in [4.78, 5) is 11.7. The number of hydrogen-bond donors (Lipinski definition) is 1. The minimum Gasteiger partial charge on any atom is -0.484 e. The van der Waals surface area contributed by atoms with E-state index in [1.54, 1.807) is 12.1 Å². The van der Waals surface area contributed by atoms with E-state index in [0.717, 1.165) is 18.4 Å². The second-order valence-electron chi connectivity index (χ2n) is 4.82. The summed E-state index contributed by atoms with van der Waals surface area (Å²) in [6, 6.07) is 9.67. The maximum atomic E-state index is 11.7. The van der Waals surface area contributed by atoms with Crippen molar-refractivity contribution in [3.63, 3.8) is 0 Å². The molecule has 0 bridgehead atoms. The van der Waals surface area contributed by atoms with Crippen LogP contribution in [0.15, 0.2) is 24.3 Å². The molecule has 1 aromatic carbocycles. The fraction of sp³-hybridized carbons (Fsp3) is 0.467. The Balaban J connectivity index is 1.75. The first-order valence-corrected chi connectivity index (χ1v) is 6.66. The zero-order valence-corrected chi connectivity index (χ0v) is 10.9. The third kappa shape index (κ3) is 4.29. The average molecular weight is 258 g/mol. The van der Waals surface area contributed by atoms with E-state index in [1.165, 1.54) is 12.8 Å². The number of rotatable bonds is 5. The van der Waals surface area contributed by atoms with Gasteiger partial charge in [0.05, 0.1) is 12.5 Å². The largest absolute Gasteiger partial charge is 0.484 e. The molecule has 1 amide bonds. The molecule has 1 N–H and O–H groups in total. The molecule has 0 atom stereocenters. The number of ether oxygens (including phenoxy) is 1. The number of nitriles is 1. The summed E-state index contributed by atoms with van der Waals surface area (Å²) in [5.41, 5.74) is 0.949. The molecular formula is C15H18N2O2. The van der Waals surface area contributed by atoms with Gasteiger partial charge in [-0.3, -0.25) is 4.79 Å². The molecule has 0 aliphatic heterocycles. The van der Waals surface area contributed by atoms with E-state index in [4.69, 9.17) is 10.00 Å². The summed E-state index contributed by atoms with van der Waals surface area (Å²) >= 11 is 0. The minimum atomic E-state index is -0.0620. The molecule has 1 aromatic rings. The average Bonchev–Trinajstić information content (AvgIpc) is 2.91. The number of nitrogens with one attached hydrogen (secondary N) is 1. The van der Waals surface area contributed by atoms with Crippen LogP contribution in [0.4, 0.5) is 0 Å². The first-order chi connectivity index (χ1) is 9.28. The summed E-state index contributed by atoms with van der Waals surface area (Å²) in [5, 5.41) is 11.5. The zero-order valence-electron chi connectivity index (χ0n) is 10.9. The molecule has 0 aromatic heterocycles. The van der Waals surface area contributed by atoms with Crippen LogP contribution in [0, 0.1) is 11.3 Å². The molecule has 0 radical (unpaired) electrons. The van der Waals surface area contributed by atoms with Gasteiger partial charge in [0.1, 0.15) is 5.75 Å². The van der Waals surface area contributed by atoms with Gasteiger partial charge in [-0.1, -0.05) is 25.0 Å². The van der Waals surface area contributed by atoms with E-state index in [0.29, 0.717) is 18.2 Å². The standard InChI is InChI=1S/C15H18N2O2/c16-10-9-12-5-7-14(8-6-12)19-11-15(18)17-13-3-1-2-4-13/h5-8,13H,1-4,9,11H2,(H,17,18). The first-order valence-electron chi connectivity index (χ1n) is 6.66. The topological polar surface area (TPSA) is 62.1 Å². The van der Waals surface area contributed by atoms with Gasteiger partial charge in [0, 0.05) is 6.04 Å². The molecule has 19 heavy (non-hydrogen) atoms. The highest BCUT2D eigenvalue weighted by Crippen LogP contribution is 2.17. The second-order valence-corrected chi connectivity index (χ2v) is 4.82. The van der Waals surface area contributed by atoms with Crippen LogP contribution in [0.2, 0.25) is 0 Å². The lowest BCUT2D eigenvalue weighted by Crippen LogP contribution is -2.36. The maximum Gasteiger partial charge on any atom is 0.258 e. The normalized spacial score (nSPS) is 14.9. The van der Waals surface area contributed by atoms with Crippen LogP contribution < -0.4 is 10.1 Å². The van der Waals surface area contributed by atoms with Gasteiger partial charge >= 0.3 is 0 Å². The molecule has 1 aliphatic rings. The van der Waals surface area contributed by atoms with Crippen LogP contribution in [0.5, 0.6) is 5.75 Å². The third-order valence-electron chi connectivity index (χ3n) is 3.30. The zero-order chi connectivity index (χ0) is 13.5. The van der Waals surface area contributed by atoms with Crippen molar-refractivity contribution in [1.29, 1.82) is 5.26 Å². The van der Waals surface area contributed by atoms with Gasteiger partial charge in [-0.05, 0) is 30.5 Å².